The zero-order valence-corrected chi connectivity index (χ0v) is 18.4. The predicted molar refractivity (Wildman–Crippen MR) is 124 cm³/mol. The van der Waals surface area contributed by atoms with Gasteiger partial charge in [0.05, 0.1) is 21.6 Å². The van der Waals surface area contributed by atoms with Crippen LogP contribution in [-0.2, 0) is 4.79 Å². The van der Waals surface area contributed by atoms with Gasteiger partial charge in [-0.05, 0) is 30.7 Å². The number of hydrogen-bond donors (Lipinski definition) is 0. The molecule has 10 nitrogen and oxygen atoms in total. The molecular weight excluding hydrogens is 438 g/mol. The van der Waals surface area contributed by atoms with Gasteiger partial charge < -0.3 is 9.80 Å². The van der Waals surface area contributed by atoms with E-state index in [4.69, 9.17) is 4.98 Å². The number of carbonyl (C=O) groups is 3. The summed E-state index contributed by atoms with van der Waals surface area (Å²) in [5.41, 5.74) is 1.80. The van der Waals surface area contributed by atoms with Gasteiger partial charge in [0.15, 0.2) is 0 Å². The van der Waals surface area contributed by atoms with Crippen molar-refractivity contribution >= 4 is 40.1 Å². The highest BCUT2D eigenvalue weighted by Crippen LogP contribution is 2.27. The molecular formula is C24H21N5O5. The first-order valence-electron chi connectivity index (χ1n) is 10.9. The van der Waals surface area contributed by atoms with Crippen LogP contribution in [0.25, 0.3) is 10.9 Å². The summed E-state index contributed by atoms with van der Waals surface area (Å²) in [7, 11) is 0. The fourth-order valence-corrected chi connectivity index (χ4v) is 4.45. The minimum absolute atomic E-state index is 0.0467. The van der Waals surface area contributed by atoms with Crippen LogP contribution in [0, 0.1) is 17.0 Å². The SMILES string of the molecule is Cc1cc(N2CCN(C(=O)CN3C(=O)c4ccc([N+](=O)[O-])cc4C3=O)CC2)nc2ccccc12. The summed E-state index contributed by atoms with van der Waals surface area (Å²) in [5.74, 6) is -0.791. The van der Waals surface area contributed by atoms with Crippen LogP contribution in [0.3, 0.4) is 0 Å². The number of para-hydroxylation sites is 1. The van der Waals surface area contributed by atoms with E-state index < -0.39 is 23.3 Å². The molecule has 0 radical (unpaired) electrons. The Morgan fingerprint density at radius 1 is 1.00 bits per heavy atom. The number of non-ortho nitro benzene ring substituents is 1. The number of benzene rings is 2. The van der Waals surface area contributed by atoms with E-state index in [9.17, 15) is 24.5 Å². The van der Waals surface area contributed by atoms with E-state index in [0.717, 1.165) is 33.3 Å². The molecule has 0 saturated carbocycles. The van der Waals surface area contributed by atoms with Crippen molar-refractivity contribution in [3.8, 4) is 0 Å². The number of amides is 3. The van der Waals surface area contributed by atoms with Gasteiger partial charge in [-0.15, -0.1) is 0 Å². The maximum Gasteiger partial charge on any atom is 0.270 e. The summed E-state index contributed by atoms with van der Waals surface area (Å²) in [4.78, 5) is 57.9. The highest BCUT2D eigenvalue weighted by atomic mass is 16.6. The molecule has 5 rings (SSSR count). The van der Waals surface area contributed by atoms with Crippen molar-refractivity contribution in [2.75, 3.05) is 37.6 Å². The third-order valence-corrected chi connectivity index (χ3v) is 6.32. The molecule has 0 bridgehead atoms. The normalized spacial score (nSPS) is 15.7. The number of nitrogens with zero attached hydrogens (tertiary/aromatic N) is 5. The number of hydrogen-bond acceptors (Lipinski definition) is 7. The number of nitro benzene ring substituents is 1. The third kappa shape index (κ3) is 3.62. The molecule has 10 heteroatoms. The number of carbonyl (C=O) groups excluding carboxylic acids is 3. The Morgan fingerprint density at radius 3 is 2.44 bits per heavy atom. The zero-order chi connectivity index (χ0) is 24.0. The molecule has 34 heavy (non-hydrogen) atoms. The van der Waals surface area contributed by atoms with Crippen molar-refractivity contribution < 1.29 is 19.3 Å². The van der Waals surface area contributed by atoms with Crippen molar-refractivity contribution in [2.24, 2.45) is 0 Å². The number of fused-ring (bicyclic) bond motifs is 2. The van der Waals surface area contributed by atoms with Crippen LogP contribution in [0.15, 0.2) is 48.5 Å². The molecule has 0 aliphatic carbocycles. The Bertz CT molecular complexity index is 1360. The molecule has 0 unspecified atom stereocenters. The average Bonchev–Trinajstić information content (AvgIpc) is 3.08. The molecule has 3 heterocycles. The molecule has 1 aromatic heterocycles. The average molecular weight is 459 g/mol. The topological polar surface area (TPSA) is 117 Å². The molecule has 2 aromatic carbocycles. The summed E-state index contributed by atoms with van der Waals surface area (Å²) in [6.45, 7) is 3.66. The lowest BCUT2D eigenvalue weighted by Crippen LogP contribution is -2.52. The van der Waals surface area contributed by atoms with Gasteiger partial charge in [-0.3, -0.25) is 29.4 Å². The van der Waals surface area contributed by atoms with Crippen molar-refractivity contribution in [1.29, 1.82) is 0 Å². The minimum Gasteiger partial charge on any atom is -0.353 e. The summed E-state index contributed by atoms with van der Waals surface area (Å²) >= 11 is 0. The van der Waals surface area contributed by atoms with Crippen LogP contribution in [0.1, 0.15) is 26.3 Å². The highest BCUT2D eigenvalue weighted by Gasteiger charge is 2.38. The lowest BCUT2D eigenvalue weighted by Gasteiger charge is -2.36. The monoisotopic (exact) mass is 459 g/mol. The number of rotatable bonds is 4. The predicted octanol–water partition coefficient (Wildman–Crippen LogP) is 2.40. The number of aromatic nitrogens is 1. The van der Waals surface area contributed by atoms with Gasteiger partial charge in [0.1, 0.15) is 12.4 Å². The van der Waals surface area contributed by atoms with Crippen LogP contribution in [-0.4, -0.2) is 70.2 Å². The lowest BCUT2D eigenvalue weighted by molar-refractivity contribution is -0.384. The smallest absolute Gasteiger partial charge is 0.270 e. The largest absolute Gasteiger partial charge is 0.353 e. The minimum atomic E-state index is -0.688. The quantitative estimate of drug-likeness (QED) is 0.334. The number of nitro groups is 1. The number of piperazine rings is 1. The summed E-state index contributed by atoms with van der Waals surface area (Å²) in [5, 5.41) is 12.1. The molecule has 3 aromatic rings. The lowest BCUT2D eigenvalue weighted by atomic mass is 10.1. The van der Waals surface area contributed by atoms with Gasteiger partial charge in [0, 0.05) is 43.7 Å². The Labute approximate surface area is 194 Å². The molecule has 0 spiro atoms. The Morgan fingerprint density at radius 2 is 1.71 bits per heavy atom. The molecule has 172 valence electrons. The second kappa shape index (κ2) is 8.22. The summed E-state index contributed by atoms with van der Waals surface area (Å²) in [6, 6.07) is 13.5. The second-order valence-electron chi connectivity index (χ2n) is 8.37. The van der Waals surface area contributed by atoms with Crippen molar-refractivity contribution in [3.63, 3.8) is 0 Å². The van der Waals surface area contributed by atoms with Crippen LogP contribution in [0.5, 0.6) is 0 Å². The van der Waals surface area contributed by atoms with E-state index >= 15 is 0 Å². The fourth-order valence-electron chi connectivity index (χ4n) is 4.45. The molecule has 3 amide bonds. The first-order chi connectivity index (χ1) is 16.3. The maximum absolute atomic E-state index is 12.9. The Balaban J connectivity index is 1.25. The van der Waals surface area contributed by atoms with Crippen LogP contribution >= 0.6 is 0 Å². The number of aryl methyl sites for hydroxylation is 1. The van der Waals surface area contributed by atoms with Crippen LogP contribution in [0.2, 0.25) is 0 Å². The third-order valence-electron chi connectivity index (χ3n) is 6.32. The zero-order valence-electron chi connectivity index (χ0n) is 18.4. The Hall–Kier alpha value is -4.34. The molecule has 1 fully saturated rings. The van der Waals surface area contributed by atoms with E-state index in [0.29, 0.717) is 26.2 Å². The van der Waals surface area contributed by atoms with Gasteiger partial charge in [0.25, 0.3) is 17.5 Å². The van der Waals surface area contributed by atoms with Crippen molar-refractivity contribution in [2.45, 2.75) is 6.92 Å². The molecule has 2 aliphatic rings. The molecule has 0 atom stereocenters. The first-order valence-corrected chi connectivity index (χ1v) is 10.9. The standard InChI is InChI=1S/C24H21N5O5/c1-15-12-21(25-20-5-3-2-4-17(15)20)26-8-10-27(11-9-26)22(30)14-28-23(31)18-7-6-16(29(33)34)13-19(18)24(28)32/h2-7,12-13H,8-11,14H2,1H3. The number of pyridine rings is 1. The van der Waals surface area contributed by atoms with E-state index in [1.54, 1.807) is 4.90 Å². The molecule has 0 N–H and O–H groups in total. The van der Waals surface area contributed by atoms with Crippen LogP contribution < -0.4 is 4.90 Å². The van der Waals surface area contributed by atoms with E-state index in [2.05, 4.69) is 4.90 Å². The van der Waals surface area contributed by atoms with E-state index in [-0.39, 0.29) is 22.7 Å². The van der Waals surface area contributed by atoms with Gasteiger partial charge in [-0.1, -0.05) is 18.2 Å². The Kier molecular flexibility index (Phi) is 5.20. The number of anilines is 1. The molecule has 1 saturated heterocycles. The van der Waals surface area contributed by atoms with E-state index in [1.807, 2.05) is 37.3 Å². The highest BCUT2D eigenvalue weighted by molar-refractivity contribution is 6.22. The van der Waals surface area contributed by atoms with Gasteiger partial charge in [0.2, 0.25) is 5.91 Å². The number of imide groups is 1. The first kappa shape index (κ1) is 21.5. The summed E-state index contributed by atoms with van der Waals surface area (Å²) in [6.07, 6.45) is 0. The van der Waals surface area contributed by atoms with Gasteiger partial charge >= 0.3 is 0 Å². The van der Waals surface area contributed by atoms with Gasteiger partial charge in [-0.25, -0.2) is 4.98 Å². The van der Waals surface area contributed by atoms with E-state index in [1.165, 1.54) is 12.1 Å². The molecule has 2 aliphatic heterocycles. The fraction of sp³-hybridized carbons (Fsp3) is 0.250. The van der Waals surface area contributed by atoms with Crippen molar-refractivity contribution in [1.82, 2.24) is 14.8 Å². The van der Waals surface area contributed by atoms with Gasteiger partial charge in [-0.2, -0.15) is 0 Å². The maximum atomic E-state index is 12.9. The van der Waals surface area contributed by atoms with Crippen molar-refractivity contribution in [3.05, 3.63) is 75.3 Å². The summed E-state index contributed by atoms with van der Waals surface area (Å²) < 4.78 is 0. The van der Waals surface area contributed by atoms with Crippen LogP contribution in [0.4, 0.5) is 11.5 Å². The second-order valence-corrected chi connectivity index (χ2v) is 8.37.